The Morgan fingerprint density at radius 2 is 1.00 bits per heavy atom. The quantitative estimate of drug-likeness (QED) is 0.145. The summed E-state index contributed by atoms with van der Waals surface area (Å²) in [5.41, 5.74) is 13.7. The van der Waals surface area contributed by atoms with Gasteiger partial charge in [-0.1, -0.05) is 166 Å². The van der Waals surface area contributed by atoms with Crippen LogP contribution in [0.5, 0.6) is 11.5 Å². The van der Waals surface area contributed by atoms with Crippen molar-refractivity contribution in [2.24, 2.45) is 0 Å². The zero-order valence-electron chi connectivity index (χ0n) is 40.7. The molecule has 0 atom stereocenters. The molecular weight excluding hydrogens is 817 g/mol. The Balaban J connectivity index is 1.11. The molecule has 336 valence electrons. The maximum Gasteiger partial charge on any atom is 0.137 e. The lowest BCUT2D eigenvalue weighted by Crippen LogP contribution is -2.26. The van der Waals surface area contributed by atoms with Gasteiger partial charge in [-0.05, 0) is 111 Å². The fourth-order valence-corrected chi connectivity index (χ4v) is 9.84. The predicted octanol–water partition coefficient (Wildman–Crippen LogP) is 16.5. The molecule has 0 saturated heterocycles. The second-order valence-corrected chi connectivity index (χ2v) is 21.5. The van der Waals surface area contributed by atoms with E-state index in [2.05, 4.69) is 260 Å². The molecule has 0 N–H and O–H groups in total. The van der Waals surface area contributed by atoms with Crippen LogP contribution >= 0.6 is 0 Å². The number of anilines is 4. The Labute approximate surface area is 397 Å². The summed E-state index contributed by atoms with van der Waals surface area (Å²) in [6.07, 6.45) is 1.93. The number of fused-ring (bicyclic) bond motifs is 4. The van der Waals surface area contributed by atoms with Crippen LogP contribution in [-0.2, 0) is 21.7 Å². The molecule has 5 heteroatoms. The van der Waals surface area contributed by atoms with Crippen molar-refractivity contribution in [3.05, 3.63) is 216 Å². The Morgan fingerprint density at radius 1 is 0.403 bits per heavy atom. The summed E-state index contributed by atoms with van der Waals surface area (Å²) in [5.74, 6) is 2.44. The predicted molar refractivity (Wildman–Crippen MR) is 282 cm³/mol. The number of benzene rings is 7. The highest BCUT2D eigenvalue weighted by Gasteiger charge is 2.33. The van der Waals surface area contributed by atoms with Crippen molar-refractivity contribution < 1.29 is 4.74 Å². The minimum absolute atomic E-state index is 0.0223. The van der Waals surface area contributed by atoms with Gasteiger partial charge in [0.15, 0.2) is 0 Å². The first-order chi connectivity index (χ1) is 32.0. The molecular formula is C62H62N4O. The second-order valence-electron chi connectivity index (χ2n) is 21.5. The van der Waals surface area contributed by atoms with E-state index in [4.69, 9.17) is 9.72 Å². The molecule has 2 aromatic heterocycles. The highest BCUT2D eigenvalue weighted by atomic mass is 16.5. The standard InChI is InChI=1S/C62H62N4O/c1-59(2,3)44-28-31-55-57(37-44)65(41-64(55)48-25-19-24-46(34-48)61(7,8)42-20-13-11-14-21-42)49-35-47(62(9,10)43-22-15-12-16-23-43)36-51(39-49)67-50-29-30-53-52-26-17-18-27-54(52)66(56(53)40-50)58-38-45(32-33-63-58)60(4,5)6/h11-40H,41H2,1-10H3. The van der Waals surface area contributed by atoms with Crippen LogP contribution in [0.4, 0.5) is 22.7 Å². The van der Waals surface area contributed by atoms with Crippen LogP contribution in [-0.4, -0.2) is 16.2 Å². The molecule has 0 spiro atoms. The Kier molecular flexibility index (Phi) is 10.7. The zero-order valence-corrected chi connectivity index (χ0v) is 40.7. The SMILES string of the molecule is CC(C)(C)c1ccnc(-n2c3ccccc3c3ccc(Oc4cc(N5CN(c6cccc(C(C)(C)c7ccccc7)c6)c6ccc(C(C)(C)C)cc65)cc(C(C)(C)c5ccccc5)c4)cc32)c1. The van der Waals surface area contributed by atoms with Gasteiger partial charge in [-0.2, -0.15) is 0 Å². The van der Waals surface area contributed by atoms with Gasteiger partial charge in [-0.3, -0.25) is 4.57 Å². The Hall–Kier alpha value is -7.11. The summed E-state index contributed by atoms with van der Waals surface area (Å²) in [5, 5.41) is 2.34. The third kappa shape index (κ3) is 8.05. The number of hydrogen-bond donors (Lipinski definition) is 0. The molecule has 0 aliphatic carbocycles. The molecule has 0 unspecified atom stereocenters. The van der Waals surface area contributed by atoms with Crippen molar-refractivity contribution in [3.8, 4) is 17.3 Å². The molecule has 0 saturated carbocycles. The summed E-state index contributed by atoms with van der Waals surface area (Å²) in [7, 11) is 0. The average molecular weight is 879 g/mol. The van der Waals surface area contributed by atoms with Crippen molar-refractivity contribution in [1.29, 1.82) is 0 Å². The molecule has 9 aromatic rings. The van der Waals surface area contributed by atoms with E-state index in [1.807, 2.05) is 6.20 Å². The molecule has 3 heterocycles. The third-order valence-corrected chi connectivity index (χ3v) is 14.2. The van der Waals surface area contributed by atoms with Gasteiger partial charge in [0.05, 0.1) is 22.4 Å². The van der Waals surface area contributed by atoms with E-state index >= 15 is 0 Å². The maximum atomic E-state index is 7.12. The first-order valence-electron chi connectivity index (χ1n) is 23.7. The van der Waals surface area contributed by atoms with E-state index in [-0.39, 0.29) is 21.7 Å². The fourth-order valence-electron chi connectivity index (χ4n) is 9.84. The summed E-state index contributed by atoms with van der Waals surface area (Å²) < 4.78 is 9.41. The van der Waals surface area contributed by atoms with Crippen molar-refractivity contribution in [1.82, 2.24) is 9.55 Å². The molecule has 0 amide bonds. The van der Waals surface area contributed by atoms with E-state index in [1.54, 1.807) is 0 Å². The van der Waals surface area contributed by atoms with Gasteiger partial charge in [0.2, 0.25) is 0 Å². The van der Waals surface area contributed by atoms with Crippen LogP contribution in [0, 0.1) is 0 Å². The third-order valence-electron chi connectivity index (χ3n) is 14.2. The normalized spacial score (nSPS) is 13.4. The van der Waals surface area contributed by atoms with E-state index in [1.165, 1.54) is 50.1 Å². The molecule has 5 nitrogen and oxygen atoms in total. The molecule has 1 aliphatic heterocycles. The number of aromatic nitrogens is 2. The molecule has 67 heavy (non-hydrogen) atoms. The average Bonchev–Trinajstić information content (AvgIpc) is 3.87. The van der Waals surface area contributed by atoms with E-state index in [0.717, 1.165) is 45.1 Å². The number of nitrogens with zero attached hydrogens (tertiary/aromatic N) is 4. The number of para-hydroxylation sites is 1. The first kappa shape index (κ1) is 43.8. The lowest BCUT2D eigenvalue weighted by Gasteiger charge is -2.30. The summed E-state index contributed by atoms with van der Waals surface area (Å²) in [6, 6.07) is 64.1. The molecule has 7 aromatic carbocycles. The summed E-state index contributed by atoms with van der Waals surface area (Å²) in [4.78, 5) is 9.89. The second kappa shape index (κ2) is 16.3. The number of rotatable bonds is 9. The topological polar surface area (TPSA) is 33.5 Å². The monoisotopic (exact) mass is 878 g/mol. The number of hydrogen-bond acceptors (Lipinski definition) is 4. The van der Waals surface area contributed by atoms with E-state index < -0.39 is 0 Å². The van der Waals surface area contributed by atoms with Crippen molar-refractivity contribution >= 4 is 44.6 Å². The summed E-state index contributed by atoms with van der Waals surface area (Å²) >= 11 is 0. The molecule has 0 bridgehead atoms. The van der Waals surface area contributed by atoms with Crippen molar-refractivity contribution in [3.63, 3.8) is 0 Å². The number of ether oxygens (including phenoxy) is 1. The van der Waals surface area contributed by atoms with Crippen LogP contribution in [0.3, 0.4) is 0 Å². The van der Waals surface area contributed by atoms with E-state index in [0.29, 0.717) is 6.67 Å². The van der Waals surface area contributed by atoms with Crippen LogP contribution in [0.25, 0.3) is 27.6 Å². The molecule has 10 rings (SSSR count). The van der Waals surface area contributed by atoms with Gasteiger partial charge in [0, 0.05) is 51.3 Å². The lowest BCUT2D eigenvalue weighted by molar-refractivity contribution is 0.480. The van der Waals surface area contributed by atoms with Crippen LogP contribution in [0.1, 0.15) is 103 Å². The zero-order chi connectivity index (χ0) is 46.9. The lowest BCUT2D eigenvalue weighted by atomic mass is 9.78. The Bertz CT molecular complexity index is 3280. The van der Waals surface area contributed by atoms with Crippen molar-refractivity contribution in [2.75, 3.05) is 16.5 Å². The fraction of sp³-hybridized carbons (Fsp3) is 0.242. The highest BCUT2D eigenvalue weighted by Crippen LogP contribution is 2.49. The minimum Gasteiger partial charge on any atom is -0.457 e. The number of pyridine rings is 1. The molecule has 0 fully saturated rings. The first-order valence-corrected chi connectivity index (χ1v) is 23.7. The van der Waals surface area contributed by atoms with Crippen LogP contribution < -0.4 is 14.5 Å². The van der Waals surface area contributed by atoms with Gasteiger partial charge < -0.3 is 14.5 Å². The van der Waals surface area contributed by atoms with Gasteiger partial charge in [-0.25, -0.2) is 4.98 Å². The highest BCUT2D eigenvalue weighted by molar-refractivity contribution is 6.09. The molecule has 1 aliphatic rings. The van der Waals surface area contributed by atoms with E-state index in [9.17, 15) is 0 Å². The van der Waals surface area contributed by atoms with Crippen molar-refractivity contribution in [2.45, 2.75) is 90.9 Å². The van der Waals surface area contributed by atoms with Gasteiger partial charge in [0.1, 0.15) is 24.0 Å². The largest absolute Gasteiger partial charge is 0.457 e. The minimum atomic E-state index is -0.331. The smallest absolute Gasteiger partial charge is 0.137 e. The molecule has 0 radical (unpaired) electrons. The van der Waals surface area contributed by atoms with Gasteiger partial charge in [0.25, 0.3) is 0 Å². The van der Waals surface area contributed by atoms with Crippen LogP contribution in [0.2, 0.25) is 0 Å². The Morgan fingerprint density at radius 3 is 1.70 bits per heavy atom. The summed E-state index contributed by atoms with van der Waals surface area (Å²) in [6.45, 7) is 23.5. The van der Waals surface area contributed by atoms with Gasteiger partial charge in [-0.15, -0.1) is 0 Å². The van der Waals surface area contributed by atoms with Gasteiger partial charge >= 0.3 is 0 Å². The maximum absolute atomic E-state index is 7.12. The van der Waals surface area contributed by atoms with Crippen LogP contribution in [0.15, 0.2) is 182 Å².